The molecule has 44 heavy (non-hydrogen) atoms. The summed E-state index contributed by atoms with van der Waals surface area (Å²) >= 11 is 5.45. The number of likely N-dealkylation sites (tertiary alicyclic amines) is 1. The van der Waals surface area contributed by atoms with Crippen LogP contribution in [-0.4, -0.2) is 74.3 Å². The Balaban J connectivity index is 1.44. The van der Waals surface area contributed by atoms with Crippen LogP contribution in [0.3, 0.4) is 0 Å². The van der Waals surface area contributed by atoms with Gasteiger partial charge in [0.25, 0.3) is 5.91 Å². The Morgan fingerprint density at radius 3 is 2.30 bits per heavy atom. The van der Waals surface area contributed by atoms with Gasteiger partial charge in [-0.25, -0.2) is 0 Å². The predicted octanol–water partition coefficient (Wildman–Crippen LogP) is 5.42. The molecule has 0 aromatic heterocycles. The number of hydrogen-bond donors (Lipinski definition) is 1. The van der Waals surface area contributed by atoms with Crippen molar-refractivity contribution in [2.24, 2.45) is 11.8 Å². The van der Waals surface area contributed by atoms with Crippen LogP contribution >= 0.6 is 27.7 Å². The average Bonchev–Trinajstić information content (AvgIpc) is 3.64. The van der Waals surface area contributed by atoms with Crippen molar-refractivity contribution < 1.29 is 19.5 Å². The minimum Gasteiger partial charge on any atom is -0.394 e. The zero-order valence-corrected chi connectivity index (χ0v) is 27.0. The number of carbonyl (C=O) groups is 3. The Hall–Kier alpha value is -3.40. The number of fused-ring (bicyclic) bond motifs is 2. The molecule has 3 aromatic rings. The summed E-state index contributed by atoms with van der Waals surface area (Å²) in [4.78, 5) is 48.8. The van der Waals surface area contributed by atoms with Gasteiger partial charge in [-0.05, 0) is 48.4 Å². The van der Waals surface area contributed by atoms with Crippen LogP contribution in [0.4, 0.5) is 11.4 Å². The van der Waals surface area contributed by atoms with Crippen molar-refractivity contribution in [3.05, 3.63) is 98.1 Å². The van der Waals surface area contributed by atoms with E-state index in [9.17, 15) is 19.5 Å². The van der Waals surface area contributed by atoms with Gasteiger partial charge in [0.05, 0.1) is 29.2 Å². The first-order valence-electron chi connectivity index (χ1n) is 14.9. The highest BCUT2D eigenvalue weighted by Gasteiger charge is 2.76. The van der Waals surface area contributed by atoms with Crippen molar-refractivity contribution in [1.82, 2.24) is 4.90 Å². The van der Waals surface area contributed by atoms with E-state index >= 15 is 0 Å². The van der Waals surface area contributed by atoms with Gasteiger partial charge in [0, 0.05) is 34.5 Å². The molecule has 9 heteroatoms. The Morgan fingerprint density at radius 1 is 1.00 bits per heavy atom. The summed E-state index contributed by atoms with van der Waals surface area (Å²) in [5, 5.41) is 12.2. The van der Waals surface area contributed by atoms with Gasteiger partial charge in [0.1, 0.15) is 6.04 Å². The number of carbonyl (C=O) groups excluding carboxylic acids is 3. The summed E-state index contributed by atoms with van der Waals surface area (Å²) in [5.41, 5.74) is 1.44. The summed E-state index contributed by atoms with van der Waals surface area (Å²) in [6.07, 6.45) is 3.93. The first-order chi connectivity index (χ1) is 21.3. The van der Waals surface area contributed by atoms with Gasteiger partial charge in [0.2, 0.25) is 11.8 Å². The maximum atomic E-state index is 14.9. The van der Waals surface area contributed by atoms with E-state index in [0.717, 1.165) is 16.5 Å². The number of nitrogens with zero attached hydrogens (tertiary/aromatic N) is 3. The molecule has 228 valence electrons. The molecule has 3 unspecified atom stereocenters. The monoisotopic (exact) mass is 673 g/mol. The van der Waals surface area contributed by atoms with Crippen molar-refractivity contribution in [1.29, 1.82) is 0 Å². The maximum absolute atomic E-state index is 14.9. The van der Waals surface area contributed by atoms with Crippen LogP contribution in [0.5, 0.6) is 0 Å². The fraction of sp³-hybridized carbons (Fsp3) is 0.343. The molecule has 3 fully saturated rings. The number of para-hydroxylation sites is 1. The van der Waals surface area contributed by atoms with Gasteiger partial charge in [-0.15, -0.1) is 24.9 Å². The summed E-state index contributed by atoms with van der Waals surface area (Å²) in [6.45, 7) is 9.81. The Labute approximate surface area is 270 Å². The lowest BCUT2D eigenvalue weighted by Crippen LogP contribution is -2.57. The van der Waals surface area contributed by atoms with E-state index < -0.39 is 28.7 Å². The molecule has 1 N–H and O–H groups in total. The fourth-order valence-corrected chi connectivity index (χ4v) is 11.0. The van der Waals surface area contributed by atoms with Crippen molar-refractivity contribution in [3.8, 4) is 0 Å². The summed E-state index contributed by atoms with van der Waals surface area (Å²) in [7, 11) is 0. The summed E-state index contributed by atoms with van der Waals surface area (Å²) in [6, 6.07) is 21.8. The lowest BCUT2D eigenvalue weighted by molar-refractivity contribution is -0.141. The van der Waals surface area contributed by atoms with E-state index in [1.807, 2.05) is 72.8 Å². The highest BCUT2D eigenvalue weighted by molar-refractivity contribution is 9.09. The van der Waals surface area contributed by atoms with Crippen molar-refractivity contribution >= 4 is 67.6 Å². The molecule has 0 saturated carbocycles. The lowest BCUT2D eigenvalue weighted by Gasteiger charge is -2.39. The zero-order valence-electron chi connectivity index (χ0n) is 24.6. The van der Waals surface area contributed by atoms with Crippen molar-refractivity contribution in [2.45, 2.75) is 40.3 Å². The minimum atomic E-state index is -0.869. The van der Waals surface area contributed by atoms with Crippen LogP contribution in [0.2, 0.25) is 0 Å². The number of rotatable bonds is 10. The lowest BCUT2D eigenvalue weighted by atomic mass is 9.70. The van der Waals surface area contributed by atoms with Crippen LogP contribution in [-0.2, 0) is 14.4 Å². The van der Waals surface area contributed by atoms with Gasteiger partial charge >= 0.3 is 0 Å². The number of alkyl halides is 1. The van der Waals surface area contributed by atoms with Gasteiger partial charge in [-0.3, -0.25) is 14.4 Å². The first kappa shape index (κ1) is 30.6. The van der Waals surface area contributed by atoms with Gasteiger partial charge in [0.15, 0.2) is 0 Å². The van der Waals surface area contributed by atoms with E-state index in [-0.39, 0.29) is 41.0 Å². The van der Waals surface area contributed by atoms with Crippen LogP contribution in [0.15, 0.2) is 98.1 Å². The van der Waals surface area contributed by atoms with Gasteiger partial charge < -0.3 is 19.8 Å². The second-order valence-corrected chi connectivity index (χ2v) is 14.5. The van der Waals surface area contributed by atoms with Crippen LogP contribution in [0, 0.1) is 11.8 Å². The van der Waals surface area contributed by atoms with Crippen molar-refractivity contribution in [2.75, 3.05) is 29.5 Å². The minimum absolute atomic E-state index is 0.0694. The topological polar surface area (TPSA) is 81.2 Å². The molecule has 6 rings (SSSR count). The quantitative estimate of drug-likeness (QED) is 0.230. The second kappa shape index (κ2) is 12.2. The molecular weight excluding hydrogens is 638 g/mol. The van der Waals surface area contributed by atoms with Crippen LogP contribution in [0.1, 0.15) is 13.3 Å². The largest absolute Gasteiger partial charge is 0.394 e. The number of thioether (sulfide) groups is 1. The number of amides is 3. The maximum Gasteiger partial charge on any atom is 0.251 e. The first-order valence-corrected chi connectivity index (χ1v) is 16.7. The van der Waals surface area contributed by atoms with E-state index in [1.54, 1.807) is 45.5 Å². The Kier molecular flexibility index (Phi) is 8.48. The molecule has 7 atom stereocenters. The predicted molar refractivity (Wildman–Crippen MR) is 181 cm³/mol. The van der Waals surface area contributed by atoms with E-state index in [2.05, 4.69) is 29.1 Å². The molecule has 3 aromatic carbocycles. The summed E-state index contributed by atoms with van der Waals surface area (Å²) in [5.74, 6) is -1.99. The molecule has 0 aliphatic carbocycles. The fourth-order valence-electron chi connectivity index (χ4n) is 7.37. The number of benzene rings is 3. The molecule has 7 nitrogen and oxygen atoms in total. The molecule has 3 amide bonds. The smallest absolute Gasteiger partial charge is 0.251 e. The van der Waals surface area contributed by atoms with Gasteiger partial charge in [-0.2, -0.15) is 0 Å². The normalized spacial score (nSPS) is 27.7. The third-order valence-electron chi connectivity index (χ3n) is 9.25. The number of anilines is 2. The number of halogens is 1. The molecule has 3 aliphatic rings. The second-order valence-electron chi connectivity index (χ2n) is 11.8. The Morgan fingerprint density at radius 2 is 1.64 bits per heavy atom. The number of aliphatic hydroxyl groups excluding tert-OH is 1. The number of aliphatic hydroxyl groups is 1. The van der Waals surface area contributed by atoms with Gasteiger partial charge in [-0.1, -0.05) is 76.6 Å². The standard InChI is InChI=1S/C35H36BrN3O4S/c1-4-17-37(25-13-7-6-8-14-25)32(41)28-29-33(42)39(22(3)21-40)31(35(29)20-27(36)30(28)44-35)34(43)38(18-5-2)26-16-15-23-11-9-10-12-24(23)19-26/h4-16,19,22,27-31,40H,1-2,17-18,20-21H2,3H3/t22-,27?,28+,29+,30+,31?,35?/m1/s1. The summed E-state index contributed by atoms with van der Waals surface area (Å²) < 4.78 is -0.844. The zero-order chi connectivity index (χ0) is 31.2. The molecule has 2 bridgehead atoms. The van der Waals surface area contributed by atoms with Crippen molar-refractivity contribution in [3.63, 3.8) is 0 Å². The average molecular weight is 675 g/mol. The van der Waals surface area contributed by atoms with Crippen LogP contribution < -0.4 is 9.80 Å². The SMILES string of the molecule is C=CCN(C(=O)C1N([C@H](C)CO)C(=O)[C@@H]2[C@H](C(=O)N(CC=C)c3ccccc3)[C@H]3SC12CC3Br)c1ccc2ccccc2c1. The van der Waals surface area contributed by atoms with E-state index in [4.69, 9.17) is 0 Å². The third-order valence-corrected chi connectivity index (χ3v) is 12.5. The molecular formula is C35H36BrN3O4S. The number of hydrogen-bond acceptors (Lipinski definition) is 5. The third kappa shape index (κ3) is 4.80. The molecule has 1 spiro atoms. The highest BCUT2D eigenvalue weighted by atomic mass is 79.9. The highest BCUT2D eigenvalue weighted by Crippen LogP contribution is 2.68. The van der Waals surface area contributed by atoms with Crippen LogP contribution in [0.25, 0.3) is 10.8 Å². The molecule has 0 radical (unpaired) electrons. The van der Waals surface area contributed by atoms with E-state index in [0.29, 0.717) is 18.7 Å². The Bertz CT molecular complexity index is 1620. The molecule has 3 aliphatic heterocycles. The van der Waals surface area contributed by atoms with E-state index in [1.165, 1.54) is 0 Å². The molecule has 3 saturated heterocycles. The molecule has 3 heterocycles.